The van der Waals surface area contributed by atoms with E-state index < -0.39 is 5.97 Å². The van der Waals surface area contributed by atoms with Crippen molar-refractivity contribution in [3.05, 3.63) is 23.5 Å². The molecule has 0 bridgehead atoms. The number of ether oxygens (including phenoxy) is 1. The van der Waals surface area contributed by atoms with Crippen molar-refractivity contribution in [2.45, 2.75) is 38.5 Å². The van der Waals surface area contributed by atoms with E-state index >= 15 is 0 Å². The lowest BCUT2D eigenvalue weighted by Crippen LogP contribution is -2.20. The Labute approximate surface area is 107 Å². The summed E-state index contributed by atoms with van der Waals surface area (Å²) in [6.07, 6.45) is 6.59. The van der Waals surface area contributed by atoms with E-state index in [9.17, 15) is 4.79 Å². The second-order valence-corrected chi connectivity index (χ2v) is 4.83. The SMILES string of the molecule is CCC(c1cnc(C(=O)O)c(OC)c1)C1CCC1. The number of rotatable bonds is 5. The predicted octanol–water partition coefficient (Wildman–Crippen LogP) is 3.08. The Morgan fingerprint density at radius 3 is 2.78 bits per heavy atom. The number of carbonyl (C=O) groups is 1. The molecule has 0 saturated heterocycles. The molecule has 0 aliphatic heterocycles. The van der Waals surface area contributed by atoms with Crippen LogP contribution >= 0.6 is 0 Å². The first-order chi connectivity index (χ1) is 8.67. The van der Waals surface area contributed by atoms with E-state index in [1.807, 2.05) is 6.07 Å². The summed E-state index contributed by atoms with van der Waals surface area (Å²) in [5.41, 5.74) is 1.09. The topological polar surface area (TPSA) is 59.4 Å². The molecule has 0 radical (unpaired) electrons. The quantitative estimate of drug-likeness (QED) is 0.871. The molecular formula is C14H19NO3. The van der Waals surface area contributed by atoms with Gasteiger partial charge in [0.2, 0.25) is 0 Å². The molecule has 1 aromatic rings. The first-order valence-electron chi connectivity index (χ1n) is 6.44. The van der Waals surface area contributed by atoms with Crippen LogP contribution in [0.1, 0.15) is 54.6 Å². The number of carboxylic acids is 1. The molecule has 1 atom stereocenters. The highest BCUT2D eigenvalue weighted by molar-refractivity contribution is 5.88. The van der Waals surface area contributed by atoms with Crippen molar-refractivity contribution in [3.63, 3.8) is 0 Å². The zero-order valence-corrected chi connectivity index (χ0v) is 10.8. The van der Waals surface area contributed by atoms with Gasteiger partial charge in [-0.3, -0.25) is 0 Å². The number of aromatic nitrogens is 1. The standard InChI is InChI=1S/C14H19NO3/c1-3-11(9-5-4-6-9)10-7-12(18-2)13(14(16)17)15-8-10/h7-9,11H,3-6H2,1-2H3,(H,16,17). The molecule has 1 saturated carbocycles. The number of methoxy groups -OCH3 is 1. The van der Waals surface area contributed by atoms with Gasteiger partial charge in [-0.05, 0) is 42.7 Å². The van der Waals surface area contributed by atoms with E-state index in [1.165, 1.54) is 26.4 Å². The Hall–Kier alpha value is -1.58. The number of aromatic carboxylic acids is 1. The van der Waals surface area contributed by atoms with Gasteiger partial charge in [-0.2, -0.15) is 0 Å². The van der Waals surface area contributed by atoms with Crippen LogP contribution in [0.15, 0.2) is 12.3 Å². The van der Waals surface area contributed by atoms with Crippen molar-refractivity contribution in [1.29, 1.82) is 0 Å². The number of hydrogen-bond donors (Lipinski definition) is 1. The highest BCUT2D eigenvalue weighted by Gasteiger charge is 2.28. The second-order valence-electron chi connectivity index (χ2n) is 4.83. The summed E-state index contributed by atoms with van der Waals surface area (Å²) in [6.45, 7) is 2.17. The van der Waals surface area contributed by atoms with Crippen LogP contribution in [0.2, 0.25) is 0 Å². The summed E-state index contributed by atoms with van der Waals surface area (Å²) >= 11 is 0. The van der Waals surface area contributed by atoms with E-state index in [4.69, 9.17) is 9.84 Å². The average molecular weight is 249 g/mol. The molecule has 0 aromatic carbocycles. The highest BCUT2D eigenvalue weighted by Crippen LogP contribution is 2.41. The maximum absolute atomic E-state index is 11.0. The van der Waals surface area contributed by atoms with Gasteiger partial charge in [0.1, 0.15) is 0 Å². The van der Waals surface area contributed by atoms with Crippen molar-refractivity contribution >= 4 is 5.97 Å². The van der Waals surface area contributed by atoms with Gasteiger partial charge >= 0.3 is 5.97 Å². The molecule has 0 amide bonds. The van der Waals surface area contributed by atoms with Crippen molar-refractivity contribution in [2.75, 3.05) is 7.11 Å². The van der Waals surface area contributed by atoms with Crippen molar-refractivity contribution in [1.82, 2.24) is 4.98 Å². The molecule has 1 heterocycles. The Balaban J connectivity index is 2.30. The van der Waals surface area contributed by atoms with E-state index in [0.717, 1.165) is 17.9 Å². The summed E-state index contributed by atoms with van der Waals surface area (Å²) in [6, 6.07) is 1.84. The summed E-state index contributed by atoms with van der Waals surface area (Å²) in [7, 11) is 1.48. The Morgan fingerprint density at radius 2 is 2.33 bits per heavy atom. The number of carboxylic acid groups (broad SMARTS) is 1. The van der Waals surface area contributed by atoms with Crippen LogP contribution < -0.4 is 4.74 Å². The largest absolute Gasteiger partial charge is 0.494 e. The first-order valence-corrected chi connectivity index (χ1v) is 6.44. The van der Waals surface area contributed by atoms with E-state index in [-0.39, 0.29) is 5.69 Å². The lowest BCUT2D eigenvalue weighted by atomic mass is 9.72. The van der Waals surface area contributed by atoms with Crippen LogP contribution in [-0.4, -0.2) is 23.2 Å². The van der Waals surface area contributed by atoms with Gasteiger partial charge in [-0.15, -0.1) is 0 Å². The van der Waals surface area contributed by atoms with Gasteiger partial charge in [0.25, 0.3) is 0 Å². The van der Waals surface area contributed by atoms with E-state index in [0.29, 0.717) is 11.7 Å². The number of hydrogen-bond acceptors (Lipinski definition) is 3. The summed E-state index contributed by atoms with van der Waals surface area (Å²) in [4.78, 5) is 15.0. The van der Waals surface area contributed by atoms with Crippen molar-refractivity contribution < 1.29 is 14.6 Å². The minimum Gasteiger partial charge on any atom is -0.494 e. The van der Waals surface area contributed by atoms with Gasteiger partial charge in [0.15, 0.2) is 11.4 Å². The molecule has 4 heteroatoms. The zero-order chi connectivity index (χ0) is 13.1. The summed E-state index contributed by atoms with van der Waals surface area (Å²) < 4.78 is 5.13. The first kappa shape index (κ1) is 12.9. The number of pyridine rings is 1. The van der Waals surface area contributed by atoms with Gasteiger partial charge in [0.05, 0.1) is 7.11 Å². The summed E-state index contributed by atoms with van der Waals surface area (Å²) in [5.74, 6) is 0.507. The fourth-order valence-corrected chi connectivity index (χ4v) is 2.66. The zero-order valence-electron chi connectivity index (χ0n) is 10.8. The highest BCUT2D eigenvalue weighted by atomic mass is 16.5. The van der Waals surface area contributed by atoms with E-state index in [2.05, 4.69) is 11.9 Å². The molecule has 18 heavy (non-hydrogen) atoms. The molecule has 1 aromatic heterocycles. The molecule has 1 aliphatic rings. The summed E-state index contributed by atoms with van der Waals surface area (Å²) in [5, 5.41) is 9.01. The lowest BCUT2D eigenvalue weighted by Gasteiger charge is -2.33. The van der Waals surface area contributed by atoms with Crippen molar-refractivity contribution in [2.24, 2.45) is 5.92 Å². The van der Waals surface area contributed by atoms with Gasteiger partial charge in [-0.25, -0.2) is 9.78 Å². The Kier molecular flexibility index (Phi) is 3.84. The molecule has 2 rings (SSSR count). The van der Waals surface area contributed by atoms with Gasteiger partial charge in [-0.1, -0.05) is 13.3 Å². The maximum Gasteiger partial charge on any atom is 0.358 e. The van der Waals surface area contributed by atoms with Gasteiger partial charge in [0, 0.05) is 6.20 Å². The Morgan fingerprint density at radius 1 is 1.61 bits per heavy atom. The molecule has 1 N–H and O–H groups in total. The maximum atomic E-state index is 11.0. The average Bonchev–Trinajstić information content (AvgIpc) is 2.32. The van der Waals surface area contributed by atoms with Crippen LogP contribution in [0, 0.1) is 5.92 Å². The molecule has 1 aliphatic carbocycles. The van der Waals surface area contributed by atoms with Crippen LogP contribution in [0.25, 0.3) is 0 Å². The Bertz CT molecular complexity index is 441. The normalized spacial score (nSPS) is 17.0. The predicted molar refractivity (Wildman–Crippen MR) is 68.1 cm³/mol. The van der Waals surface area contributed by atoms with Crippen LogP contribution in [0.4, 0.5) is 0 Å². The lowest BCUT2D eigenvalue weighted by molar-refractivity contribution is 0.0686. The second kappa shape index (κ2) is 5.38. The molecule has 1 fully saturated rings. The van der Waals surface area contributed by atoms with Crippen LogP contribution in [-0.2, 0) is 0 Å². The van der Waals surface area contributed by atoms with Crippen molar-refractivity contribution in [3.8, 4) is 5.75 Å². The third-order valence-electron chi connectivity index (χ3n) is 3.88. The third-order valence-corrected chi connectivity index (χ3v) is 3.88. The fraction of sp³-hybridized carbons (Fsp3) is 0.571. The molecular weight excluding hydrogens is 230 g/mol. The van der Waals surface area contributed by atoms with Crippen LogP contribution in [0.5, 0.6) is 5.75 Å². The minimum absolute atomic E-state index is 0.00953. The molecule has 0 spiro atoms. The minimum atomic E-state index is -1.05. The fourth-order valence-electron chi connectivity index (χ4n) is 2.66. The van der Waals surface area contributed by atoms with Crippen LogP contribution in [0.3, 0.4) is 0 Å². The number of nitrogens with zero attached hydrogens (tertiary/aromatic N) is 1. The monoisotopic (exact) mass is 249 g/mol. The molecule has 4 nitrogen and oxygen atoms in total. The molecule has 98 valence electrons. The molecule has 1 unspecified atom stereocenters. The smallest absolute Gasteiger partial charge is 0.358 e. The van der Waals surface area contributed by atoms with E-state index in [1.54, 1.807) is 6.20 Å². The third kappa shape index (κ3) is 2.33. The van der Waals surface area contributed by atoms with Gasteiger partial charge < -0.3 is 9.84 Å².